The van der Waals surface area contributed by atoms with Crippen LogP contribution in [0.2, 0.25) is 0 Å². The second-order valence-electron chi connectivity index (χ2n) is 5.83. The summed E-state index contributed by atoms with van der Waals surface area (Å²) < 4.78 is 1.78. The van der Waals surface area contributed by atoms with E-state index in [1.807, 2.05) is 42.7 Å². The fraction of sp³-hybridized carbons (Fsp3) is 0.100. The van der Waals surface area contributed by atoms with Gasteiger partial charge in [0.1, 0.15) is 0 Å². The highest BCUT2D eigenvalue weighted by atomic mass is 79.9. The molecule has 0 atom stereocenters. The van der Waals surface area contributed by atoms with E-state index < -0.39 is 4.92 Å². The molecule has 0 aliphatic rings. The van der Waals surface area contributed by atoms with Crippen molar-refractivity contribution >= 4 is 17.2 Å². The van der Waals surface area contributed by atoms with Crippen LogP contribution in [0.15, 0.2) is 79.1 Å². The molecule has 0 radical (unpaired) electrons. The van der Waals surface area contributed by atoms with Crippen LogP contribution < -0.4 is 26.9 Å². The zero-order valence-corrected chi connectivity index (χ0v) is 16.0. The largest absolute Gasteiger partial charge is 1.00 e. The minimum absolute atomic E-state index is 0. The van der Waals surface area contributed by atoms with Crippen LogP contribution in [-0.4, -0.2) is 10.7 Å². The van der Waals surface area contributed by atoms with E-state index >= 15 is 0 Å². The average molecular weight is 428 g/mol. The molecule has 0 bridgehead atoms. The molecule has 27 heavy (non-hydrogen) atoms. The van der Waals surface area contributed by atoms with Crippen molar-refractivity contribution in [2.75, 3.05) is 5.32 Å². The molecule has 0 aliphatic carbocycles. The Hall–Kier alpha value is -3.06. The van der Waals surface area contributed by atoms with Gasteiger partial charge in [0, 0.05) is 42.1 Å². The molecule has 0 amide bonds. The number of nitrogens with one attached hydrogen (secondary N) is 1. The number of benzene rings is 2. The van der Waals surface area contributed by atoms with Gasteiger partial charge in [0.2, 0.25) is 12.3 Å². The third-order valence-electron chi connectivity index (χ3n) is 3.96. The van der Waals surface area contributed by atoms with Gasteiger partial charge < -0.3 is 22.3 Å². The Labute approximate surface area is 167 Å². The van der Waals surface area contributed by atoms with Gasteiger partial charge in [-0.25, -0.2) is 0 Å². The molecular weight excluding hydrogens is 410 g/mol. The van der Waals surface area contributed by atoms with E-state index in [0.717, 1.165) is 12.2 Å². The Bertz CT molecular complexity index is 898. The number of anilines is 1. The second kappa shape index (κ2) is 9.59. The van der Waals surface area contributed by atoms with Gasteiger partial charge in [0.25, 0.3) is 5.69 Å². The molecule has 138 valence electrons. The monoisotopic (exact) mass is 427 g/mol. The standard InChI is InChI=1S/C20H17N3O3.BrH/c24-20(17-6-8-19(9-7-17)23(25)26)15-22-12-10-18(11-13-22)21-14-16-4-2-1-3-5-16;/h1-13H,14-15H2;1H. The predicted octanol–water partition coefficient (Wildman–Crippen LogP) is 0.381. The molecule has 3 aromatic rings. The molecule has 0 saturated carbocycles. The van der Waals surface area contributed by atoms with Crippen molar-refractivity contribution in [2.24, 2.45) is 0 Å². The molecule has 0 unspecified atom stereocenters. The summed E-state index contributed by atoms with van der Waals surface area (Å²) in [6.45, 7) is 0.906. The number of hydrogen-bond acceptors (Lipinski definition) is 4. The first-order valence-corrected chi connectivity index (χ1v) is 8.16. The maximum absolute atomic E-state index is 12.3. The molecule has 1 heterocycles. The number of non-ortho nitro benzene ring substituents is 1. The van der Waals surface area contributed by atoms with Gasteiger partial charge in [0.05, 0.1) is 4.92 Å². The highest BCUT2D eigenvalue weighted by molar-refractivity contribution is 5.95. The number of pyridine rings is 1. The van der Waals surface area contributed by atoms with E-state index in [9.17, 15) is 14.9 Å². The first-order valence-electron chi connectivity index (χ1n) is 8.16. The van der Waals surface area contributed by atoms with Gasteiger partial charge >= 0.3 is 0 Å². The van der Waals surface area contributed by atoms with E-state index in [-0.39, 0.29) is 35.0 Å². The van der Waals surface area contributed by atoms with Crippen LogP contribution >= 0.6 is 0 Å². The SMILES string of the molecule is O=C(C[n+]1ccc(NCc2ccccc2)cc1)c1ccc([N+](=O)[O-])cc1.[Br-]. The lowest BCUT2D eigenvalue weighted by atomic mass is 10.1. The van der Waals surface area contributed by atoms with Crippen LogP contribution in [0.1, 0.15) is 15.9 Å². The Balaban J connectivity index is 0.00000261. The summed E-state index contributed by atoms with van der Waals surface area (Å²) in [5, 5.41) is 14.0. The first kappa shape index (κ1) is 20.3. The number of nitro benzene ring substituents is 1. The average Bonchev–Trinajstić information content (AvgIpc) is 2.68. The molecule has 0 aliphatic heterocycles. The molecule has 7 heteroatoms. The summed E-state index contributed by atoms with van der Waals surface area (Å²) in [6.07, 6.45) is 3.66. The van der Waals surface area contributed by atoms with Gasteiger partial charge in [-0.2, -0.15) is 4.57 Å². The number of halogens is 1. The lowest BCUT2D eigenvalue weighted by Crippen LogP contribution is -3.00. The van der Waals surface area contributed by atoms with Gasteiger partial charge in [0.15, 0.2) is 12.4 Å². The van der Waals surface area contributed by atoms with Crippen molar-refractivity contribution in [2.45, 2.75) is 13.1 Å². The summed E-state index contributed by atoms with van der Waals surface area (Å²) in [6, 6.07) is 19.6. The Morgan fingerprint density at radius 3 is 2.19 bits per heavy atom. The number of nitro groups is 1. The first-order chi connectivity index (χ1) is 12.6. The van der Waals surface area contributed by atoms with Crippen molar-refractivity contribution in [1.29, 1.82) is 0 Å². The number of Topliss-reactive ketones (excluding diaryl/α,β-unsaturated/α-hetero) is 1. The molecule has 0 spiro atoms. The molecule has 2 aromatic carbocycles. The fourth-order valence-corrected chi connectivity index (χ4v) is 2.51. The maximum atomic E-state index is 12.3. The topological polar surface area (TPSA) is 76.1 Å². The van der Waals surface area contributed by atoms with E-state index in [0.29, 0.717) is 5.56 Å². The van der Waals surface area contributed by atoms with Crippen LogP contribution in [0.5, 0.6) is 0 Å². The van der Waals surface area contributed by atoms with Gasteiger partial charge in [-0.15, -0.1) is 0 Å². The summed E-state index contributed by atoms with van der Waals surface area (Å²) in [7, 11) is 0. The van der Waals surface area contributed by atoms with E-state index in [2.05, 4.69) is 17.4 Å². The Morgan fingerprint density at radius 2 is 1.59 bits per heavy atom. The number of nitrogens with zero attached hydrogens (tertiary/aromatic N) is 2. The number of hydrogen-bond donors (Lipinski definition) is 1. The van der Waals surface area contributed by atoms with Gasteiger partial charge in [-0.1, -0.05) is 30.3 Å². The van der Waals surface area contributed by atoms with E-state index in [4.69, 9.17) is 0 Å². The predicted molar refractivity (Wildman–Crippen MR) is 97.8 cm³/mol. The molecule has 0 saturated heterocycles. The molecule has 1 N–H and O–H groups in total. The highest BCUT2D eigenvalue weighted by Crippen LogP contribution is 2.12. The minimum Gasteiger partial charge on any atom is -1.00 e. The van der Waals surface area contributed by atoms with Crippen molar-refractivity contribution in [3.63, 3.8) is 0 Å². The lowest BCUT2D eigenvalue weighted by molar-refractivity contribution is -0.683. The molecule has 6 nitrogen and oxygen atoms in total. The van der Waals surface area contributed by atoms with Crippen LogP contribution in [0.25, 0.3) is 0 Å². The molecule has 3 rings (SSSR count). The minimum atomic E-state index is -0.482. The number of aromatic nitrogens is 1. The summed E-state index contributed by atoms with van der Waals surface area (Å²) in [4.78, 5) is 22.5. The lowest BCUT2D eigenvalue weighted by Gasteiger charge is -2.05. The smallest absolute Gasteiger partial charge is 0.269 e. The van der Waals surface area contributed by atoms with Crippen molar-refractivity contribution < 1.29 is 31.3 Å². The van der Waals surface area contributed by atoms with Crippen molar-refractivity contribution in [1.82, 2.24) is 0 Å². The number of rotatable bonds is 7. The summed E-state index contributed by atoms with van der Waals surface area (Å²) in [5.74, 6) is -0.102. The zero-order valence-electron chi connectivity index (χ0n) is 14.4. The Morgan fingerprint density at radius 1 is 0.963 bits per heavy atom. The quantitative estimate of drug-likeness (QED) is 0.256. The summed E-state index contributed by atoms with van der Waals surface area (Å²) in [5.41, 5.74) is 2.59. The van der Waals surface area contributed by atoms with Gasteiger partial charge in [-0.05, 0) is 17.7 Å². The molecule has 0 fully saturated rings. The summed E-state index contributed by atoms with van der Waals surface area (Å²) >= 11 is 0. The number of carbonyl (C=O) groups excluding carboxylic acids is 1. The van der Waals surface area contributed by atoms with Crippen LogP contribution in [0.3, 0.4) is 0 Å². The van der Waals surface area contributed by atoms with E-state index in [1.54, 1.807) is 4.57 Å². The molecular formula is C20H18BrN3O3. The zero-order chi connectivity index (χ0) is 18.4. The van der Waals surface area contributed by atoms with Crippen LogP contribution in [0.4, 0.5) is 11.4 Å². The Kier molecular flexibility index (Phi) is 7.19. The van der Waals surface area contributed by atoms with Crippen LogP contribution in [-0.2, 0) is 13.1 Å². The highest BCUT2D eigenvalue weighted by Gasteiger charge is 2.14. The maximum Gasteiger partial charge on any atom is 0.269 e. The third kappa shape index (κ3) is 5.72. The van der Waals surface area contributed by atoms with Crippen molar-refractivity contribution in [3.8, 4) is 0 Å². The van der Waals surface area contributed by atoms with Crippen molar-refractivity contribution in [3.05, 3.63) is 100 Å². The van der Waals surface area contributed by atoms with Gasteiger partial charge in [-0.3, -0.25) is 14.9 Å². The van der Waals surface area contributed by atoms with Crippen LogP contribution in [0, 0.1) is 10.1 Å². The van der Waals surface area contributed by atoms with E-state index in [1.165, 1.54) is 29.8 Å². The molecule has 1 aromatic heterocycles. The normalized spacial score (nSPS) is 9.93. The third-order valence-corrected chi connectivity index (χ3v) is 3.96. The number of carbonyl (C=O) groups is 1. The number of ketones is 1. The second-order valence-corrected chi connectivity index (χ2v) is 5.83. The fourth-order valence-electron chi connectivity index (χ4n) is 2.51.